The molecule has 0 aliphatic carbocycles. The fraction of sp³-hybridized carbons (Fsp3) is 0.478. The Morgan fingerprint density at radius 3 is 2.67 bits per heavy atom. The van der Waals surface area contributed by atoms with Gasteiger partial charge in [-0.1, -0.05) is 6.92 Å². The van der Waals surface area contributed by atoms with Gasteiger partial charge in [0, 0.05) is 24.7 Å². The minimum absolute atomic E-state index is 0.0288. The summed E-state index contributed by atoms with van der Waals surface area (Å²) in [5, 5.41) is 12.1. The highest BCUT2D eigenvalue weighted by molar-refractivity contribution is 5.69. The number of nitriles is 1. The molecule has 0 saturated carbocycles. The number of hydrogen-bond donors (Lipinski definition) is 2. The first kappa shape index (κ1) is 24.0. The van der Waals surface area contributed by atoms with Crippen molar-refractivity contribution in [2.75, 3.05) is 30.8 Å². The summed E-state index contributed by atoms with van der Waals surface area (Å²) in [5.41, 5.74) is 6.02. The molecule has 2 atom stereocenters. The fourth-order valence-corrected chi connectivity index (χ4v) is 3.88. The zero-order valence-corrected chi connectivity index (χ0v) is 19.5. The largest absolute Gasteiger partial charge is 0.495 e. The number of methoxy groups -OCH3 is 1. The van der Waals surface area contributed by atoms with Crippen LogP contribution < -0.4 is 20.7 Å². The first-order chi connectivity index (χ1) is 15.5. The van der Waals surface area contributed by atoms with Crippen LogP contribution in [-0.4, -0.2) is 47.9 Å². The van der Waals surface area contributed by atoms with Crippen LogP contribution in [0.1, 0.15) is 39.7 Å². The number of nitrogen functional groups attached to an aromatic ring is 1. The van der Waals surface area contributed by atoms with Crippen LogP contribution >= 0.6 is 0 Å². The number of ether oxygens (including phenoxy) is 2. The second kappa shape index (κ2) is 9.48. The van der Waals surface area contributed by atoms with E-state index in [-0.39, 0.29) is 29.2 Å². The van der Waals surface area contributed by atoms with Gasteiger partial charge in [-0.05, 0) is 45.2 Å². The second-order valence-electron chi connectivity index (χ2n) is 9.21. The van der Waals surface area contributed by atoms with Gasteiger partial charge in [-0.25, -0.2) is 14.2 Å². The van der Waals surface area contributed by atoms with Crippen LogP contribution in [0.4, 0.5) is 21.0 Å². The summed E-state index contributed by atoms with van der Waals surface area (Å²) in [6, 6.07) is 6.12. The minimum atomic E-state index is -0.709. The summed E-state index contributed by atoms with van der Waals surface area (Å²) in [4.78, 5) is 22.9. The van der Waals surface area contributed by atoms with Gasteiger partial charge < -0.3 is 25.4 Å². The van der Waals surface area contributed by atoms with Gasteiger partial charge in [0.2, 0.25) is 5.95 Å². The molecule has 2 unspecified atom stereocenters. The lowest BCUT2D eigenvalue weighted by Gasteiger charge is -2.37. The molecule has 2 aromatic rings. The molecule has 3 N–H and O–H groups in total. The lowest BCUT2D eigenvalue weighted by Crippen LogP contribution is -2.51. The predicted molar refractivity (Wildman–Crippen MR) is 122 cm³/mol. The molecule has 1 aromatic carbocycles. The van der Waals surface area contributed by atoms with Crippen LogP contribution in [0.15, 0.2) is 18.2 Å². The molecule has 33 heavy (non-hydrogen) atoms. The highest BCUT2D eigenvalue weighted by Crippen LogP contribution is 2.31. The number of aromatic nitrogens is 2. The standard InChI is InChI=1S/C23H29FN6O3/c1-13-6-15(27-22(31)33-23(2,3)4)12-30(11-13)20-9-18(28-21(26)29-20)14-7-17(24)16(10-25)19(8-14)32-5/h7-9,13,15H,6,11-12H2,1-5H3,(H,27,31)(H2,26,28,29). The van der Waals surface area contributed by atoms with Gasteiger partial charge in [-0.2, -0.15) is 10.2 Å². The molecule has 3 rings (SSSR count). The third-order valence-electron chi connectivity index (χ3n) is 5.12. The van der Waals surface area contributed by atoms with Crippen molar-refractivity contribution < 1.29 is 18.7 Å². The SMILES string of the molecule is COc1cc(-c2cc(N3CC(C)CC(NC(=O)OC(C)(C)C)C3)nc(N)n2)cc(F)c1C#N. The van der Waals surface area contributed by atoms with Gasteiger partial charge >= 0.3 is 6.09 Å². The van der Waals surface area contributed by atoms with Crippen LogP contribution in [0.25, 0.3) is 11.3 Å². The molecule has 1 amide bonds. The maximum Gasteiger partial charge on any atom is 0.407 e. The minimum Gasteiger partial charge on any atom is -0.495 e. The molecular weight excluding hydrogens is 427 g/mol. The van der Waals surface area contributed by atoms with Crippen molar-refractivity contribution in [3.05, 3.63) is 29.6 Å². The summed E-state index contributed by atoms with van der Waals surface area (Å²) < 4.78 is 25.0. The molecule has 0 radical (unpaired) electrons. The third-order valence-corrected chi connectivity index (χ3v) is 5.12. The van der Waals surface area contributed by atoms with E-state index in [0.717, 1.165) is 6.42 Å². The number of alkyl carbamates (subject to hydrolysis) is 1. The van der Waals surface area contributed by atoms with Gasteiger partial charge in [0.1, 0.15) is 34.6 Å². The maximum absolute atomic E-state index is 14.4. The lowest BCUT2D eigenvalue weighted by atomic mass is 9.96. The van der Waals surface area contributed by atoms with E-state index < -0.39 is 17.5 Å². The smallest absolute Gasteiger partial charge is 0.407 e. The van der Waals surface area contributed by atoms with E-state index in [1.807, 2.05) is 25.7 Å². The number of nitrogens with two attached hydrogens (primary N) is 1. The quantitative estimate of drug-likeness (QED) is 0.716. The first-order valence-corrected chi connectivity index (χ1v) is 10.7. The van der Waals surface area contributed by atoms with Crippen LogP contribution in [0.2, 0.25) is 0 Å². The number of rotatable bonds is 4. The Hall–Kier alpha value is -3.61. The number of nitrogens with zero attached hydrogens (tertiary/aromatic N) is 4. The average molecular weight is 457 g/mol. The number of anilines is 2. The van der Waals surface area contributed by atoms with Crippen molar-refractivity contribution in [1.82, 2.24) is 15.3 Å². The van der Waals surface area contributed by atoms with E-state index in [4.69, 9.17) is 20.5 Å². The summed E-state index contributed by atoms with van der Waals surface area (Å²) in [7, 11) is 1.37. The second-order valence-corrected chi connectivity index (χ2v) is 9.21. The van der Waals surface area contributed by atoms with Gasteiger partial charge in [-0.15, -0.1) is 0 Å². The molecule has 10 heteroatoms. The molecule has 1 aliphatic rings. The highest BCUT2D eigenvalue weighted by Gasteiger charge is 2.29. The number of piperidine rings is 1. The van der Waals surface area contributed by atoms with Crippen molar-refractivity contribution in [3.63, 3.8) is 0 Å². The Kier molecular flexibility index (Phi) is 6.91. The summed E-state index contributed by atoms with van der Waals surface area (Å²) >= 11 is 0. The fourth-order valence-electron chi connectivity index (χ4n) is 3.88. The number of amides is 1. The average Bonchev–Trinajstić information content (AvgIpc) is 2.70. The lowest BCUT2D eigenvalue weighted by molar-refractivity contribution is 0.0495. The number of carbonyl (C=O) groups is 1. The Morgan fingerprint density at radius 2 is 2.03 bits per heavy atom. The third kappa shape index (κ3) is 6.00. The number of halogens is 1. The van der Waals surface area contributed by atoms with Gasteiger partial charge in [0.25, 0.3) is 0 Å². The Morgan fingerprint density at radius 1 is 1.30 bits per heavy atom. The van der Waals surface area contributed by atoms with E-state index in [1.165, 1.54) is 13.2 Å². The predicted octanol–water partition coefficient (Wildman–Crippen LogP) is 3.48. The number of hydrogen-bond acceptors (Lipinski definition) is 8. The summed E-state index contributed by atoms with van der Waals surface area (Å²) in [6.45, 7) is 8.73. The van der Waals surface area contributed by atoms with Crippen molar-refractivity contribution in [3.8, 4) is 23.1 Å². The van der Waals surface area contributed by atoms with Crippen LogP contribution in [0.5, 0.6) is 5.75 Å². The van der Waals surface area contributed by atoms with Crippen molar-refractivity contribution in [1.29, 1.82) is 5.26 Å². The van der Waals surface area contributed by atoms with E-state index >= 15 is 0 Å². The molecule has 1 saturated heterocycles. The summed E-state index contributed by atoms with van der Waals surface area (Å²) in [6.07, 6.45) is 0.325. The van der Waals surface area contributed by atoms with Crippen molar-refractivity contribution in [2.45, 2.75) is 45.8 Å². The molecule has 0 spiro atoms. The van der Waals surface area contributed by atoms with E-state index in [2.05, 4.69) is 22.2 Å². The molecular formula is C23H29FN6O3. The topological polar surface area (TPSA) is 126 Å². The van der Waals surface area contributed by atoms with Crippen LogP contribution in [0.3, 0.4) is 0 Å². The molecule has 2 heterocycles. The van der Waals surface area contributed by atoms with Gasteiger partial charge in [0.15, 0.2) is 0 Å². The molecule has 0 bridgehead atoms. The number of carbonyl (C=O) groups excluding carboxylic acids is 1. The molecule has 1 aliphatic heterocycles. The zero-order valence-electron chi connectivity index (χ0n) is 19.5. The van der Waals surface area contributed by atoms with E-state index in [9.17, 15) is 9.18 Å². The normalized spacial score (nSPS) is 18.4. The van der Waals surface area contributed by atoms with Crippen molar-refractivity contribution in [2.24, 2.45) is 5.92 Å². The molecule has 1 aromatic heterocycles. The maximum atomic E-state index is 14.4. The molecule has 176 valence electrons. The molecule has 1 fully saturated rings. The van der Waals surface area contributed by atoms with Crippen LogP contribution in [0, 0.1) is 23.1 Å². The Balaban J connectivity index is 1.88. The van der Waals surface area contributed by atoms with Crippen LogP contribution in [-0.2, 0) is 4.74 Å². The van der Waals surface area contributed by atoms with E-state index in [0.29, 0.717) is 30.2 Å². The molecule has 9 nitrogen and oxygen atoms in total. The van der Waals surface area contributed by atoms with Crippen molar-refractivity contribution >= 4 is 17.9 Å². The highest BCUT2D eigenvalue weighted by atomic mass is 19.1. The monoisotopic (exact) mass is 456 g/mol. The number of nitrogens with one attached hydrogen (secondary N) is 1. The Labute approximate surface area is 192 Å². The first-order valence-electron chi connectivity index (χ1n) is 10.7. The van der Waals surface area contributed by atoms with Gasteiger partial charge in [0.05, 0.1) is 18.8 Å². The van der Waals surface area contributed by atoms with E-state index in [1.54, 1.807) is 18.2 Å². The zero-order chi connectivity index (χ0) is 24.3. The number of benzene rings is 1. The van der Waals surface area contributed by atoms with Gasteiger partial charge in [-0.3, -0.25) is 0 Å². The summed E-state index contributed by atoms with van der Waals surface area (Å²) in [5.74, 6) is 0.258. The Bertz CT molecular complexity index is 1080.